The Hall–Kier alpha value is -0.0400. The molecule has 0 unspecified atom stereocenters. The van der Waals surface area contributed by atoms with Crippen molar-refractivity contribution in [3.8, 4) is 0 Å². The number of hydrogen-bond acceptors (Lipinski definition) is 1. The highest BCUT2D eigenvalue weighted by atomic mass is 15.1. The predicted octanol–water partition coefficient (Wildman–Crippen LogP) is 1.39. The molecule has 1 heterocycles. The molecular formula is C8H15N. The zero-order valence-electron chi connectivity index (χ0n) is 6.28. The molecule has 1 saturated carbocycles. The standard InChI is InChI=1S/C8H15N/c1-6(2)8-5-7(8)3-4-9-8/h6-7,9H,3-5H2,1-2H3/t7-,8-/m1/s1. The number of fused-ring (bicyclic) bond motifs is 1. The number of nitrogens with one attached hydrogen (secondary N) is 1. The van der Waals surface area contributed by atoms with Crippen molar-refractivity contribution in [3.05, 3.63) is 0 Å². The van der Waals surface area contributed by atoms with E-state index in [1.54, 1.807) is 0 Å². The second-order valence-corrected chi connectivity index (χ2v) is 3.81. The van der Waals surface area contributed by atoms with Crippen LogP contribution >= 0.6 is 0 Å². The first-order valence-electron chi connectivity index (χ1n) is 4.01. The molecule has 2 aliphatic rings. The molecule has 2 fully saturated rings. The summed E-state index contributed by atoms with van der Waals surface area (Å²) in [5.41, 5.74) is 0.611. The van der Waals surface area contributed by atoms with Gasteiger partial charge in [-0.15, -0.1) is 0 Å². The van der Waals surface area contributed by atoms with Gasteiger partial charge in [-0.05, 0) is 31.2 Å². The van der Waals surface area contributed by atoms with Crippen molar-refractivity contribution in [1.82, 2.24) is 5.32 Å². The average molecular weight is 125 g/mol. The van der Waals surface area contributed by atoms with Gasteiger partial charge in [-0.1, -0.05) is 13.8 Å². The third-order valence-corrected chi connectivity index (χ3v) is 3.13. The van der Waals surface area contributed by atoms with E-state index >= 15 is 0 Å². The first-order valence-corrected chi connectivity index (χ1v) is 4.01. The topological polar surface area (TPSA) is 12.0 Å². The second-order valence-electron chi connectivity index (χ2n) is 3.81. The van der Waals surface area contributed by atoms with Crippen molar-refractivity contribution >= 4 is 0 Å². The van der Waals surface area contributed by atoms with Crippen LogP contribution in [0.4, 0.5) is 0 Å². The van der Waals surface area contributed by atoms with E-state index in [0.717, 1.165) is 11.8 Å². The minimum atomic E-state index is 0.611. The van der Waals surface area contributed by atoms with Crippen LogP contribution in [0.15, 0.2) is 0 Å². The zero-order valence-corrected chi connectivity index (χ0v) is 6.28. The zero-order chi connectivity index (χ0) is 6.48. The van der Waals surface area contributed by atoms with Crippen LogP contribution in [0.1, 0.15) is 26.7 Å². The summed E-state index contributed by atoms with van der Waals surface area (Å²) in [4.78, 5) is 0. The van der Waals surface area contributed by atoms with Gasteiger partial charge in [0.05, 0.1) is 0 Å². The highest BCUT2D eigenvalue weighted by Crippen LogP contribution is 2.53. The van der Waals surface area contributed by atoms with E-state index in [1.165, 1.54) is 19.4 Å². The number of piperidine rings is 1. The quantitative estimate of drug-likeness (QED) is 0.558. The molecule has 0 aromatic heterocycles. The van der Waals surface area contributed by atoms with Crippen LogP contribution < -0.4 is 5.32 Å². The monoisotopic (exact) mass is 125 g/mol. The molecule has 2 atom stereocenters. The summed E-state index contributed by atoms with van der Waals surface area (Å²) in [5, 5.41) is 3.61. The van der Waals surface area contributed by atoms with Crippen molar-refractivity contribution in [2.45, 2.75) is 32.2 Å². The van der Waals surface area contributed by atoms with Gasteiger partial charge >= 0.3 is 0 Å². The van der Waals surface area contributed by atoms with Crippen LogP contribution in [0.5, 0.6) is 0 Å². The minimum Gasteiger partial charge on any atom is -0.311 e. The van der Waals surface area contributed by atoms with Gasteiger partial charge in [-0.2, -0.15) is 0 Å². The fourth-order valence-corrected chi connectivity index (χ4v) is 2.32. The van der Waals surface area contributed by atoms with E-state index in [4.69, 9.17) is 0 Å². The summed E-state index contributed by atoms with van der Waals surface area (Å²) in [5.74, 6) is 1.89. The number of hydrogen-bond donors (Lipinski definition) is 1. The van der Waals surface area contributed by atoms with Crippen LogP contribution in [-0.4, -0.2) is 12.1 Å². The van der Waals surface area contributed by atoms with E-state index < -0.39 is 0 Å². The highest BCUT2D eigenvalue weighted by Gasteiger charge is 2.58. The van der Waals surface area contributed by atoms with Gasteiger partial charge in [0.1, 0.15) is 0 Å². The Labute approximate surface area is 56.8 Å². The summed E-state index contributed by atoms with van der Waals surface area (Å²) in [6, 6.07) is 0. The molecule has 0 amide bonds. The molecule has 52 valence electrons. The lowest BCUT2D eigenvalue weighted by atomic mass is 10.0. The summed E-state index contributed by atoms with van der Waals surface area (Å²) >= 11 is 0. The summed E-state index contributed by atoms with van der Waals surface area (Å²) in [6.07, 6.45) is 2.88. The Morgan fingerprint density at radius 1 is 1.56 bits per heavy atom. The molecule has 1 N–H and O–H groups in total. The summed E-state index contributed by atoms with van der Waals surface area (Å²) < 4.78 is 0. The summed E-state index contributed by atoms with van der Waals surface area (Å²) in [7, 11) is 0. The van der Waals surface area contributed by atoms with Crippen molar-refractivity contribution in [3.63, 3.8) is 0 Å². The lowest BCUT2D eigenvalue weighted by Gasteiger charge is -2.17. The SMILES string of the molecule is CC(C)[C@]12C[C@H]1CCN2. The molecule has 1 nitrogen and oxygen atoms in total. The third kappa shape index (κ3) is 0.586. The lowest BCUT2D eigenvalue weighted by molar-refractivity contribution is 0.405. The fourth-order valence-electron chi connectivity index (χ4n) is 2.32. The molecule has 0 bridgehead atoms. The van der Waals surface area contributed by atoms with Crippen molar-refractivity contribution in [1.29, 1.82) is 0 Å². The molecule has 1 saturated heterocycles. The van der Waals surface area contributed by atoms with E-state index in [-0.39, 0.29) is 0 Å². The maximum Gasteiger partial charge on any atom is 0.0237 e. The first-order chi connectivity index (χ1) is 4.26. The molecular weight excluding hydrogens is 110 g/mol. The molecule has 9 heavy (non-hydrogen) atoms. The lowest BCUT2D eigenvalue weighted by Crippen LogP contribution is -2.33. The maximum atomic E-state index is 3.61. The van der Waals surface area contributed by atoms with Crippen molar-refractivity contribution < 1.29 is 0 Å². The van der Waals surface area contributed by atoms with Crippen molar-refractivity contribution in [2.24, 2.45) is 11.8 Å². The third-order valence-electron chi connectivity index (χ3n) is 3.13. The highest BCUT2D eigenvalue weighted by molar-refractivity contribution is 5.15. The molecule has 0 radical (unpaired) electrons. The van der Waals surface area contributed by atoms with Crippen LogP contribution in [0.2, 0.25) is 0 Å². The predicted molar refractivity (Wildman–Crippen MR) is 38.3 cm³/mol. The van der Waals surface area contributed by atoms with Gasteiger partial charge in [-0.3, -0.25) is 0 Å². The Kier molecular flexibility index (Phi) is 0.963. The van der Waals surface area contributed by atoms with Gasteiger partial charge in [0, 0.05) is 5.54 Å². The second kappa shape index (κ2) is 1.51. The Morgan fingerprint density at radius 2 is 2.33 bits per heavy atom. The molecule has 0 aromatic carbocycles. The number of rotatable bonds is 1. The fraction of sp³-hybridized carbons (Fsp3) is 1.00. The Bertz CT molecular complexity index is 127. The van der Waals surface area contributed by atoms with Gasteiger partial charge in [0.15, 0.2) is 0 Å². The molecule has 1 aliphatic carbocycles. The van der Waals surface area contributed by atoms with Gasteiger partial charge in [-0.25, -0.2) is 0 Å². The van der Waals surface area contributed by atoms with E-state index in [2.05, 4.69) is 19.2 Å². The van der Waals surface area contributed by atoms with Gasteiger partial charge < -0.3 is 5.32 Å². The van der Waals surface area contributed by atoms with Crippen LogP contribution in [0.3, 0.4) is 0 Å². The van der Waals surface area contributed by atoms with E-state index in [1.807, 2.05) is 0 Å². The molecule has 1 aliphatic heterocycles. The van der Waals surface area contributed by atoms with Crippen molar-refractivity contribution in [2.75, 3.05) is 6.54 Å². The average Bonchev–Trinajstić information content (AvgIpc) is 2.38. The van der Waals surface area contributed by atoms with Gasteiger partial charge in [0.2, 0.25) is 0 Å². The minimum absolute atomic E-state index is 0.611. The molecule has 0 aromatic rings. The smallest absolute Gasteiger partial charge is 0.0237 e. The Balaban J connectivity index is 2.10. The molecule has 0 spiro atoms. The maximum absolute atomic E-state index is 3.61. The van der Waals surface area contributed by atoms with E-state index in [9.17, 15) is 0 Å². The molecule has 1 heteroatoms. The molecule has 2 rings (SSSR count). The first kappa shape index (κ1) is 5.72. The largest absolute Gasteiger partial charge is 0.311 e. The van der Waals surface area contributed by atoms with Crippen LogP contribution in [-0.2, 0) is 0 Å². The van der Waals surface area contributed by atoms with Crippen LogP contribution in [0, 0.1) is 11.8 Å². The summed E-state index contributed by atoms with van der Waals surface area (Å²) in [6.45, 7) is 5.93. The Morgan fingerprint density at radius 3 is 2.56 bits per heavy atom. The van der Waals surface area contributed by atoms with E-state index in [0.29, 0.717) is 5.54 Å². The van der Waals surface area contributed by atoms with Gasteiger partial charge in [0.25, 0.3) is 0 Å². The normalized spacial score (nSPS) is 47.7. The van der Waals surface area contributed by atoms with Crippen LogP contribution in [0.25, 0.3) is 0 Å².